The van der Waals surface area contributed by atoms with E-state index < -0.39 is 0 Å². The van der Waals surface area contributed by atoms with E-state index in [-0.39, 0.29) is 0 Å². The van der Waals surface area contributed by atoms with Gasteiger partial charge >= 0.3 is 0 Å². The largest absolute Gasteiger partial charge is 0.389 e. The molecule has 108 valence electrons. The summed E-state index contributed by atoms with van der Waals surface area (Å²) >= 11 is 0. The number of nitrogens with one attached hydrogen (secondary N) is 2. The van der Waals surface area contributed by atoms with E-state index in [9.17, 15) is 0 Å². The normalized spacial score (nSPS) is 14.9. The Hall–Kier alpha value is -1.03. The van der Waals surface area contributed by atoms with E-state index >= 15 is 0 Å². The van der Waals surface area contributed by atoms with Crippen LogP contribution in [0.25, 0.3) is 0 Å². The van der Waals surface area contributed by atoms with Gasteiger partial charge in [0.05, 0.1) is 0 Å². The molecule has 19 heavy (non-hydrogen) atoms. The quantitative estimate of drug-likeness (QED) is 0.259. The molecule has 3 nitrogen and oxygen atoms in total. The van der Waals surface area contributed by atoms with E-state index in [0.29, 0.717) is 11.5 Å². The Morgan fingerprint density at radius 2 is 2.00 bits per heavy atom. The summed E-state index contributed by atoms with van der Waals surface area (Å²) in [4.78, 5) is 0. The molecule has 0 aromatic carbocycles. The summed E-state index contributed by atoms with van der Waals surface area (Å²) in [5.41, 5.74) is 9.70. The summed E-state index contributed by atoms with van der Waals surface area (Å²) in [6, 6.07) is 0. The fraction of sp³-hybridized carbons (Fsp3) is 0.667. The molecule has 0 aliphatic rings. The molecule has 0 rings (SSSR count). The predicted molar refractivity (Wildman–Crippen MR) is 88.7 cm³/mol. The van der Waals surface area contributed by atoms with Crippen molar-refractivity contribution in [3.63, 3.8) is 0 Å². The summed E-state index contributed by atoms with van der Waals surface area (Å²) in [5, 5.41) is 11.4. The molecule has 0 fully saturated rings. The highest BCUT2D eigenvalue weighted by molar-refractivity contribution is 6.13. The monoisotopic (exact) mass is 263 g/mol. The van der Waals surface area contributed by atoms with Gasteiger partial charge in [-0.1, -0.05) is 19.4 Å². The summed E-state index contributed by atoms with van der Waals surface area (Å²) in [6.45, 7) is 9.99. The Bertz CT molecular complexity index is 343. The maximum Gasteiger partial charge on any atom is 0.112 e. The first-order chi connectivity index (χ1) is 8.93. The van der Waals surface area contributed by atoms with Gasteiger partial charge in [-0.15, -0.1) is 0 Å². The molecule has 0 aromatic rings. The summed E-state index contributed by atoms with van der Waals surface area (Å²) in [5.74, 6) is 0.442. The maximum absolute atomic E-state index is 7.92. The molecule has 0 bridgehead atoms. The predicted octanol–water partition coefficient (Wildman–Crippen LogP) is 2.41. The van der Waals surface area contributed by atoms with Crippen LogP contribution >= 0.6 is 0 Å². The molecule has 1 unspecified atom stereocenters. The van der Waals surface area contributed by atoms with Crippen molar-refractivity contribution in [2.24, 2.45) is 5.73 Å². The molecule has 0 amide bonds. The summed E-state index contributed by atoms with van der Waals surface area (Å²) in [7, 11) is 2.18. The second-order valence-electron chi connectivity index (χ2n) is 5.35. The fourth-order valence-electron chi connectivity index (χ4n) is 1.82. The van der Waals surface area contributed by atoms with E-state index in [1.807, 2.05) is 6.92 Å². The number of rotatable bonds is 9. The van der Waals surface area contributed by atoms with Crippen molar-refractivity contribution >= 4 is 13.6 Å². The van der Waals surface area contributed by atoms with Gasteiger partial charge in [0.1, 0.15) is 7.85 Å². The Morgan fingerprint density at radius 1 is 1.37 bits per heavy atom. The third kappa shape index (κ3) is 7.21. The SMILES string of the molecule is BC(C)/C(=C\C(C(C)=N)=C(\C)CC)NCCCCN. The van der Waals surface area contributed by atoms with Crippen LogP contribution in [-0.2, 0) is 0 Å². The first-order valence-electron chi connectivity index (χ1n) is 7.34. The van der Waals surface area contributed by atoms with Crippen molar-refractivity contribution in [1.29, 1.82) is 5.41 Å². The van der Waals surface area contributed by atoms with Gasteiger partial charge in [-0.3, -0.25) is 0 Å². The standard InChI is InChI=1S/C15H30BN3/c1-5-11(2)14(13(4)18)10-15(12(3)16)19-9-7-6-8-17/h10,12,18-19H,5-9,16-17H2,1-4H3/b14-11+,15-10+,18-13?. The van der Waals surface area contributed by atoms with Crippen molar-refractivity contribution in [2.45, 2.75) is 52.8 Å². The first kappa shape index (κ1) is 18.0. The van der Waals surface area contributed by atoms with Crippen LogP contribution in [0.3, 0.4) is 0 Å². The topological polar surface area (TPSA) is 61.9 Å². The lowest BCUT2D eigenvalue weighted by atomic mass is 9.84. The van der Waals surface area contributed by atoms with Gasteiger partial charge in [0.25, 0.3) is 0 Å². The number of hydrogen-bond acceptors (Lipinski definition) is 3. The third-order valence-corrected chi connectivity index (χ3v) is 3.28. The Kier molecular flexibility index (Phi) is 9.32. The van der Waals surface area contributed by atoms with Crippen LogP contribution in [0.4, 0.5) is 0 Å². The van der Waals surface area contributed by atoms with Gasteiger partial charge in [-0.2, -0.15) is 0 Å². The molecule has 0 radical (unpaired) electrons. The van der Waals surface area contributed by atoms with Crippen LogP contribution in [0.15, 0.2) is 22.9 Å². The zero-order chi connectivity index (χ0) is 14.8. The Morgan fingerprint density at radius 3 is 2.42 bits per heavy atom. The van der Waals surface area contributed by atoms with Crippen molar-refractivity contribution in [3.05, 3.63) is 22.9 Å². The molecule has 0 aliphatic heterocycles. The molecule has 1 atom stereocenters. The molecule has 0 spiro atoms. The van der Waals surface area contributed by atoms with Crippen molar-refractivity contribution < 1.29 is 0 Å². The minimum atomic E-state index is 0.442. The van der Waals surface area contributed by atoms with Gasteiger partial charge in [-0.05, 0) is 57.1 Å². The Labute approximate surface area is 119 Å². The zero-order valence-corrected chi connectivity index (χ0v) is 13.3. The van der Waals surface area contributed by atoms with Crippen LogP contribution in [0, 0.1) is 5.41 Å². The minimum absolute atomic E-state index is 0.442. The average molecular weight is 263 g/mol. The van der Waals surface area contributed by atoms with Gasteiger partial charge in [-0.25, -0.2) is 0 Å². The van der Waals surface area contributed by atoms with Crippen LogP contribution in [0.2, 0.25) is 5.82 Å². The van der Waals surface area contributed by atoms with E-state index in [2.05, 4.69) is 40.0 Å². The van der Waals surface area contributed by atoms with Gasteiger partial charge in [0.2, 0.25) is 0 Å². The van der Waals surface area contributed by atoms with Crippen molar-refractivity contribution in [1.82, 2.24) is 5.32 Å². The first-order valence-corrected chi connectivity index (χ1v) is 7.34. The van der Waals surface area contributed by atoms with E-state index in [1.165, 1.54) is 11.3 Å². The molecule has 0 heterocycles. The van der Waals surface area contributed by atoms with Crippen LogP contribution in [0.5, 0.6) is 0 Å². The van der Waals surface area contributed by atoms with Crippen molar-refractivity contribution in [2.75, 3.05) is 13.1 Å². The molecule has 0 saturated carbocycles. The number of allylic oxidation sites excluding steroid dienone is 4. The second kappa shape index (κ2) is 9.85. The molecule has 0 aliphatic carbocycles. The summed E-state index contributed by atoms with van der Waals surface area (Å²) in [6.07, 6.45) is 5.28. The summed E-state index contributed by atoms with van der Waals surface area (Å²) < 4.78 is 0. The molecular formula is C15H30BN3. The molecule has 4 N–H and O–H groups in total. The minimum Gasteiger partial charge on any atom is -0.389 e. The van der Waals surface area contributed by atoms with Crippen LogP contribution in [-0.4, -0.2) is 26.6 Å². The second-order valence-corrected chi connectivity index (χ2v) is 5.35. The third-order valence-electron chi connectivity index (χ3n) is 3.28. The lowest BCUT2D eigenvalue weighted by Gasteiger charge is -2.16. The molecule has 0 aromatic heterocycles. The van der Waals surface area contributed by atoms with Gasteiger partial charge in [0.15, 0.2) is 0 Å². The highest BCUT2D eigenvalue weighted by Gasteiger charge is 2.07. The Balaban J connectivity index is 4.93. The smallest absolute Gasteiger partial charge is 0.112 e. The molecular weight excluding hydrogens is 233 g/mol. The number of hydrogen-bond donors (Lipinski definition) is 3. The van der Waals surface area contributed by atoms with Gasteiger partial charge in [0, 0.05) is 18.0 Å². The number of unbranched alkanes of at least 4 members (excludes halogenated alkanes) is 1. The van der Waals surface area contributed by atoms with Crippen LogP contribution in [0.1, 0.15) is 47.0 Å². The highest BCUT2D eigenvalue weighted by atomic mass is 14.9. The van der Waals surface area contributed by atoms with Crippen LogP contribution < -0.4 is 11.1 Å². The fourth-order valence-corrected chi connectivity index (χ4v) is 1.82. The maximum atomic E-state index is 7.92. The van der Waals surface area contributed by atoms with E-state index in [1.54, 1.807) is 0 Å². The zero-order valence-electron chi connectivity index (χ0n) is 13.3. The molecule has 4 heteroatoms. The number of nitrogens with two attached hydrogens (primary N) is 1. The lowest BCUT2D eigenvalue weighted by Crippen LogP contribution is -2.19. The van der Waals surface area contributed by atoms with Crippen molar-refractivity contribution in [3.8, 4) is 0 Å². The average Bonchev–Trinajstić information content (AvgIpc) is 2.36. The lowest BCUT2D eigenvalue weighted by molar-refractivity contribution is 0.672. The molecule has 0 saturated heterocycles. The van der Waals surface area contributed by atoms with E-state index in [0.717, 1.165) is 37.9 Å². The highest BCUT2D eigenvalue weighted by Crippen LogP contribution is 2.17. The van der Waals surface area contributed by atoms with Gasteiger partial charge < -0.3 is 16.5 Å². The van der Waals surface area contributed by atoms with E-state index in [4.69, 9.17) is 11.1 Å².